The molecule has 0 atom stereocenters. The minimum absolute atomic E-state index is 0.377. The topological polar surface area (TPSA) is 132 Å². The summed E-state index contributed by atoms with van der Waals surface area (Å²) in [6.07, 6.45) is 0. The molecular formula is C4H11NO7S2. The summed E-state index contributed by atoms with van der Waals surface area (Å²) >= 11 is 0. The van der Waals surface area contributed by atoms with Crippen molar-refractivity contribution in [2.24, 2.45) is 0 Å². The maximum Gasteiger partial charge on any atom is 0.266 e. The molecule has 0 saturated heterocycles. The summed E-state index contributed by atoms with van der Waals surface area (Å²) in [5.74, 6) is -1.43. The lowest BCUT2D eigenvalue weighted by atomic mass is 10.6. The summed E-state index contributed by atoms with van der Waals surface area (Å²) in [4.78, 5) is 0. The third kappa shape index (κ3) is 9.83. The lowest BCUT2D eigenvalue weighted by molar-refractivity contribution is -0.0802. The fourth-order valence-electron chi connectivity index (χ4n) is 0.553. The molecule has 0 fully saturated rings. The molecule has 0 amide bonds. The molecule has 0 unspecified atom stereocenters. The molecule has 86 valence electrons. The number of rotatable bonds is 6. The van der Waals surface area contributed by atoms with Crippen molar-refractivity contribution in [2.75, 3.05) is 24.6 Å². The van der Waals surface area contributed by atoms with Gasteiger partial charge >= 0.3 is 0 Å². The van der Waals surface area contributed by atoms with Crippen molar-refractivity contribution in [3.63, 3.8) is 0 Å². The van der Waals surface area contributed by atoms with E-state index in [2.05, 4.69) is 0 Å². The van der Waals surface area contributed by atoms with Crippen molar-refractivity contribution < 1.29 is 31.1 Å². The van der Waals surface area contributed by atoms with Gasteiger partial charge < -0.3 is 5.21 Å². The molecule has 0 heterocycles. The number of hydrogen-bond donors (Lipinski definition) is 3. The Kier molecular flexibility index (Phi) is 4.91. The second kappa shape index (κ2) is 5.00. The van der Waals surface area contributed by atoms with Gasteiger partial charge in [0, 0.05) is 13.1 Å². The highest BCUT2D eigenvalue weighted by molar-refractivity contribution is 7.86. The SMILES string of the molecule is O=S(=O)(O)CCN(O)CCS(=O)(=O)O. The van der Waals surface area contributed by atoms with Crippen molar-refractivity contribution in [3.8, 4) is 0 Å². The van der Waals surface area contributed by atoms with E-state index in [-0.39, 0.29) is 0 Å². The fraction of sp³-hybridized carbons (Fsp3) is 1.00. The van der Waals surface area contributed by atoms with E-state index in [4.69, 9.17) is 14.3 Å². The molecule has 14 heavy (non-hydrogen) atoms. The van der Waals surface area contributed by atoms with E-state index in [1.807, 2.05) is 0 Å². The molecule has 0 aliphatic heterocycles. The molecule has 0 radical (unpaired) electrons. The molecule has 8 nitrogen and oxygen atoms in total. The second-order valence-electron chi connectivity index (χ2n) is 2.53. The van der Waals surface area contributed by atoms with E-state index in [0.29, 0.717) is 5.06 Å². The smallest absolute Gasteiger partial charge is 0.266 e. The molecule has 0 spiro atoms. The molecule has 10 heteroatoms. The molecule has 0 saturated carbocycles. The van der Waals surface area contributed by atoms with E-state index in [9.17, 15) is 16.8 Å². The Morgan fingerprint density at radius 3 is 1.36 bits per heavy atom. The summed E-state index contributed by atoms with van der Waals surface area (Å²) in [6, 6.07) is 0. The first-order chi connectivity index (χ1) is 6.10. The van der Waals surface area contributed by atoms with Crippen molar-refractivity contribution in [1.29, 1.82) is 0 Å². The Morgan fingerprint density at radius 1 is 0.857 bits per heavy atom. The van der Waals surface area contributed by atoms with E-state index in [1.165, 1.54) is 0 Å². The van der Waals surface area contributed by atoms with E-state index >= 15 is 0 Å². The van der Waals surface area contributed by atoms with Crippen LogP contribution < -0.4 is 0 Å². The van der Waals surface area contributed by atoms with Crippen LogP contribution in [0.4, 0.5) is 0 Å². The summed E-state index contributed by atoms with van der Waals surface area (Å²) in [5.41, 5.74) is 0. The third-order valence-corrected chi connectivity index (χ3v) is 2.61. The van der Waals surface area contributed by atoms with Gasteiger partial charge in [0.05, 0.1) is 11.5 Å². The zero-order valence-corrected chi connectivity index (χ0v) is 8.70. The second-order valence-corrected chi connectivity index (χ2v) is 5.67. The Labute approximate surface area is 81.6 Å². The van der Waals surface area contributed by atoms with Crippen molar-refractivity contribution in [1.82, 2.24) is 5.06 Å². The van der Waals surface area contributed by atoms with Crippen LogP contribution in [0.5, 0.6) is 0 Å². The van der Waals surface area contributed by atoms with Gasteiger partial charge in [-0.05, 0) is 0 Å². The van der Waals surface area contributed by atoms with Gasteiger partial charge in [-0.3, -0.25) is 9.11 Å². The summed E-state index contributed by atoms with van der Waals surface area (Å²) in [5, 5.41) is 9.23. The van der Waals surface area contributed by atoms with E-state index in [0.717, 1.165) is 0 Å². The van der Waals surface area contributed by atoms with Crippen LogP contribution in [0.3, 0.4) is 0 Å². The average molecular weight is 249 g/mol. The minimum atomic E-state index is -4.19. The predicted molar refractivity (Wildman–Crippen MR) is 46.2 cm³/mol. The minimum Gasteiger partial charge on any atom is -0.314 e. The highest BCUT2D eigenvalue weighted by Gasteiger charge is 2.11. The zero-order chi connectivity index (χ0) is 11.4. The molecule has 0 bridgehead atoms. The molecule has 0 aliphatic rings. The van der Waals surface area contributed by atoms with Gasteiger partial charge in [-0.1, -0.05) is 0 Å². The van der Waals surface area contributed by atoms with Crippen LogP contribution in [0.1, 0.15) is 0 Å². The quantitative estimate of drug-likeness (QED) is 0.381. The normalized spacial score (nSPS) is 13.4. The van der Waals surface area contributed by atoms with E-state index in [1.54, 1.807) is 0 Å². The first-order valence-electron chi connectivity index (χ1n) is 3.44. The molecule has 0 aromatic heterocycles. The van der Waals surface area contributed by atoms with Crippen molar-refractivity contribution >= 4 is 20.2 Å². The predicted octanol–water partition coefficient (Wildman–Crippen LogP) is -1.55. The molecule has 0 aliphatic carbocycles. The first-order valence-corrected chi connectivity index (χ1v) is 6.66. The van der Waals surface area contributed by atoms with Gasteiger partial charge in [0.25, 0.3) is 20.2 Å². The molecular weight excluding hydrogens is 238 g/mol. The van der Waals surface area contributed by atoms with Crippen molar-refractivity contribution in [2.45, 2.75) is 0 Å². The summed E-state index contributed by atoms with van der Waals surface area (Å²) in [6.45, 7) is -0.872. The number of hydroxylamine groups is 2. The van der Waals surface area contributed by atoms with Crippen LogP contribution in [0.25, 0.3) is 0 Å². The van der Waals surface area contributed by atoms with Crippen LogP contribution in [0.2, 0.25) is 0 Å². The van der Waals surface area contributed by atoms with Gasteiger partial charge in [0.15, 0.2) is 0 Å². The van der Waals surface area contributed by atoms with Gasteiger partial charge in [-0.15, -0.1) is 0 Å². The summed E-state index contributed by atoms with van der Waals surface area (Å²) < 4.78 is 57.3. The number of hydrogen-bond acceptors (Lipinski definition) is 6. The van der Waals surface area contributed by atoms with Gasteiger partial charge in [-0.25, -0.2) is 0 Å². The number of nitrogens with zero attached hydrogens (tertiary/aromatic N) is 1. The van der Waals surface area contributed by atoms with Crippen LogP contribution in [0, 0.1) is 0 Å². The first kappa shape index (κ1) is 13.7. The third-order valence-electron chi connectivity index (χ3n) is 1.21. The molecule has 0 aromatic rings. The van der Waals surface area contributed by atoms with Crippen LogP contribution in [-0.2, 0) is 20.2 Å². The Bertz CT molecular complexity index is 321. The highest BCUT2D eigenvalue weighted by atomic mass is 32.2. The molecule has 0 aromatic carbocycles. The molecule has 0 rings (SSSR count). The van der Waals surface area contributed by atoms with E-state index < -0.39 is 44.8 Å². The Balaban J connectivity index is 3.84. The monoisotopic (exact) mass is 249 g/mol. The van der Waals surface area contributed by atoms with Gasteiger partial charge in [0.2, 0.25) is 0 Å². The maximum atomic E-state index is 10.2. The van der Waals surface area contributed by atoms with Crippen LogP contribution in [0.15, 0.2) is 0 Å². The average Bonchev–Trinajstić information content (AvgIpc) is 1.94. The lowest BCUT2D eigenvalue weighted by Gasteiger charge is -2.11. The van der Waals surface area contributed by atoms with Gasteiger partial charge in [0.1, 0.15) is 0 Å². The van der Waals surface area contributed by atoms with Crippen molar-refractivity contribution in [3.05, 3.63) is 0 Å². The van der Waals surface area contributed by atoms with Gasteiger partial charge in [-0.2, -0.15) is 21.9 Å². The summed E-state index contributed by atoms with van der Waals surface area (Å²) in [7, 11) is -8.37. The Hall–Kier alpha value is -0.260. The zero-order valence-electron chi connectivity index (χ0n) is 7.07. The fourth-order valence-corrected chi connectivity index (χ4v) is 1.44. The van der Waals surface area contributed by atoms with Crippen LogP contribution >= 0.6 is 0 Å². The highest BCUT2D eigenvalue weighted by Crippen LogP contribution is 1.89. The lowest BCUT2D eigenvalue weighted by Crippen LogP contribution is -2.30. The van der Waals surface area contributed by atoms with Crippen LogP contribution in [-0.4, -0.2) is 60.8 Å². The molecule has 3 N–H and O–H groups in total. The standard InChI is InChI=1S/C4H11NO7S2/c6-5(1-3-13(7,8)9)2-4-14(10,11)12/h6H,1-4H2,(H,7,8,9)(H,10,11,12). The maximum absolute atomic E-state index is 10.2. The largest absolute Gasteiger partial charge is 0.314 e. The Morgan fingerprint density at radius 2 is 1.14 bits per heavy atom.